The Morgan fingerprint density at radius 1 is 1.32 bits per heavy atom. The molecule has 2 rings (SSSR count). The van der Waals surface area contributed by atoms with Gasteiger partial charge in [-0.25, -0.2) is 9.18 Å². The van der Waals surface area contributed by atoms with Crippen molar-refractivity contribution in [2.75, 3.05) is 0 Å². The van der Waals surface area contributed by atoms with Crippen LogP contribution in [-0.4, -0.2) is 9.55 Å². The van der Waals surface area contributed by atoms with Gasteiger partial charge in [-0.05, 0) is 12.5 Å². The highest BCUT2D eigenvalue weighted by atomic mass is 35.5. The molecule has 1 N–H and O–H groups in total. The van der Waals surface area contributed by atoms with Gasteiger partial charge in [0, 0.05) is 12.1 Å². The van der Waals surface area contributed by atoms with E-state index in [9.17, 15) is 14.0 Å². The summed E-state index contributed by atoms with van der Waals surface area (Å²) in [6.45, 7) is 2.09. The molecule has 19 heavy (non-hydrogen) atoms. The highest BCUT2D eigenvalue weighted by molar-refractivity contribution is 6.32. The summed E-state index contributed by atoms with van der Waals surface area (Å²) in [6, 6.07) is 5.80. The van der Waals surface area contributed by atoms with Gasteiger partial charge in [0.05, 0.1) is 5.56 Å². The third-order valence-corrected chi connectivity index (χ3v) is 3.01. The molecule has 0 radical (unpaired) electrons. The number of benzene rings is 1. The van der Waals surface area contributed by atoms with Crippen LogP contribution in [0.3, 0.4) is 0 Å². The van der Waals surface area contributed by atoms with Crippen molar-refractivity contribution in [3.63, 3.8) is 0 Å². The van der Waals surface area contributed by atoms with E-state index in [0.717, 1.165) is 4.57 Å². The van der Waals surface area contributed by atoms with Gasteiger partial charge in [-0.2, -0.15) is 0 Å². The number of nitrogens with one attached hydrogen (secondary N) is 1. The van der Waals surface area contributed by atoms with Crippen LogP contribution in [0.2, 0.25) is 5.15 Å². The lowest BCUT2D eigenvalue weighted by Gasteiger charge is -2.08. The Labute approximate surface area is 113 Å². The number of hydrogen-bond acceptors (Lipinski definition) is 2. The van der Waals surface area contributed by atoms with Crippen molar-refractivity contribution in [2.45, 2.75) is 19.9 Å². The van der Waals surface area contributed by atoms with E-state index in [1.807, 2.05) is 6.92 Å². The molecule has 100 valence electrons. The first-order valence-corrected chi connectivity index (χ1v) is 6.21. The zero-order valence-corrected chi connectivity index (χ0v) is 11.0. The monoisotopic (exact) mass is 282 g/mol. The molecule has 1 aromatic carbocycles. The van der Waals surface area contributed by atoms with E-state index in [-0.39, 0.29) is 22.8 Å². The molecule has 0 saturated carbocycles. The quantitative estimate of drug-likeness (QED) is 0.879. The van der Waals surface area contributed by atoms with Gasteiger partial charge < -0.3 is 0 Å². The summed E-state index contributed by atoms with van der Waals surface area (Å²) in [5.41, 5.74) is -1.11. The van der Waals surface area contributed by atoms with E-state index >= 15 is 0 Å². The first-order valence-electron chi connectivity index (χ1n) is 5.83. The zero-order chi connectivity index (χ0) is 14.0. The number of hydrogen-bond donors (Lipinski definition) is 1. The van der Waals surface area contributed by atoms with Gasteiger partial charge in [-0.15, -0.1) is 0 Å². The van der Waals surface area contributed by atoms with Gasteiger partial charge in [-0.1, -0.05) is 36.7 Å². The molecule has 0 aliphatic heterocycles. The highest BCUT2D eigenvalue weighted by Crippen LogP contribution is 2.24. The fourth-order valence-corrected chi connectivity index (χ4v) is 2.13. The Kier molecular flexibility index (Phi) is 3.85. The predicted molar refractivity (Wildman–Crippen MR) is 72.0 cm³/mol. The van der Waals surface area contributed by atoms with Crippen molar-refractivity contribution in [2.24, 2.45) is 0 Å². The summed E-state index contributed by atoms with van der Waals surface area (Å²) < 4.78 is 14.8. The Balaban J connectivity index is 2.78. The Morgan fingerprint density at radius 2 is 2.00 bits per heavy atom. The second-order valence-corrected chi connectivity index (χ2v) is 4.43. The summed E-state index contributed by atoms with van der Waals surface area (Å²) in [5.74, 6) is -0.559. The standard InChI is InChI=1S/C13H12ClFN2O2/c1-2-7-17-12(18)10(11(14)16-13(17)19)8-5-3-4-6-9(8)15/h3-6H,2,7H2,1H3,(H,16,19). The molecule has 2 aromatic rings. The number of nitrogens with zero attached hydrogens (tertiary/aromatic N) is 1. The van der Waals surface area contributed by atoms with Crippen LogP contribution in [0.4, 0.5) is 4.39 Å². The molecule has 0 saturated heterocycles. The minimum Gasteiger partial charge on any atom is -0.297 e. The van der Waals surface area contributed by atoms with Crippen molar-refractivity contribution in [3.8, 4) is 11.1 Å². The van der Waals surface area contributed by atoms with Crippen molar-refractivity contribution in [1.82, 2.24) is 9.55 Å². The minimum atomic E-state index is -0.586. The lowest BCUT2D eigenvalue weighted by atomic mass is 10.1. The Hall–Kier alpha value is -1.88. The molecular weight excluding hydrogens is 271 g/mol. The van der Waals surface area contributed by atoms with E-state index in [4.69, 9.17) is 11.6 Å². The number of aromatic nitrogens is 2. The molecule has 1 heterocycles. The SMILES string of the molecule is CCCn1c(=O)[nH]c(Cl)c(-c2ccccc2F)c1=O. The van der Waals surface area contributed by atoms with E-state index < -0.39 is 17.1 Å². The van der Waals surface area contributed by atoms with Gasteiger partial charge in [0.2, 0.25) is 0 Å². The van der Waals surface area contributed by atoms with Crippen LogP contribution in [0.5, 0.6) is 0 Å². The molecule has 0 atom stereocenters. The summed E-state index contributed by atoms with van der Waals surface area (Å²) in [6.07, 6.45) is 0.612. The van der Waals surface area contributed by atoms with Crippen LogP contribution in [0.1, 0.15) is 13.3 Å². The molecule has 0 aliphatic rings. The Morgan fingerprint density at radius 3 is 2.63 bits per heavy atom. The van der Waals surface area contributed by atoms with Gasteiger partial charge in [0.1, 0.15) is 11.0 Å². The molecule has 0 aliphatic carbocycles. The maximum Gasteiger partial charge on any atom is 0.329 e. The van der Waals surface area contributed by atoms with Crippen LogP contribution in [0, 0.1) is 5.82 Å². The molecule has 0 spiro atoms. The van der Waals surface area contributed by atoms with Crippen molar-refractivity contribution >= 4 is 11.6 Å². The smallest absolute Gasteiger partial charge is 0.297 e. The van der Waals surface area contributed by atoms with Gasteiger partial charge >= 0.3 is 5.69 Å². The van der Waals surface area contributed by atoms with Gasteiger partial charge in [0.15, 0.2) is 0 Å². The number of aromatic amines is 1. The molecule has 0 fully saturated rings. The van der Waals surface area contributed by atoms with E-state index in [1.54, 1.807) is 6.07 Å². The van der Waals surface area contributed by atoms with Crippen LogP contribution in [-0.2, 0) is 6.54 Å². The van der Waals surface area contributed by atoms with E-state index in [2.05, 4.69) is 4.98 Å². The maximum atomic E-state index is 13.8. The van der Waals surface area contributed by atoms with E-state index in [1.165, 1.54) is 18.2 Å². The van der Waals surface area contributed by atoms with Crippen LogP contribution < -0.4 is 11.2 Å². The molecule has 6 heteroatoms. The van der Waals surface area contributed by atoms with Gasteiger partial charge in [-0.3, -0.25) is 14.3 Å². The number of rotatable bonds is 3. The predicted octanol–water partition coefficient (Wildman–Crippen LogP) is 2.41. The highest BCUT2D eigenvalue weighted by Gasteiger charge is 2.16. The molecule has 0 unspecified atom stereocenters. The second-order valence-electron chi connectivity index (χ2n) is 4.06. The Bertz CT molecular complexity index is 721. The van der Waals surface area contributed by atoms with Crippen molar-refractivity contribution < 1.29 is 4.39 Å². The average Bonchev–Trinajstić information content (AvgIpc) is 2.36. The maximum absolute atomic E-state index is 13.8. The second kappa shape index (κ2) is 5.40. The summed E-state index contributed by atoms with van der Waals surface area (Å²) in [5, 5.41) is -0.146. The van der Waals surface area contributed by atoms with Crippen molar-refractivity contribution in [3.05, 3.63) is 56.1 Å². The molecule has 0 amide bonds. The fourth-order valence-electron chi connectivity index (χ4n) is 1.87. The van der Waals surface area contributed by atoms with Crippen molar-refractivity contribution in [1.29, 1.82) is 0 Å². The molecule has 4 nitrogen and oxygen atoms in total. The summed E-state index contributed by atoms with van der Waals surface area (Å²) in [4.78, 5) is 26.3. The largest absolute Gasteiger partial charge is 0.329 e. The lowest BCUT2D eigenvalue weighted by molar-refractivity contribution is 0.612. The normalized spacial score (nSPS) is 10.7. The van der Waals surface area contributed by atoms with Gasteiger partial charge in [0.25, 0.3) is 5.56 Å². The lowest BCUT2D eigenvalue weighted by Crippen LogP contribution is -2.36. The number of H-pyrrole nitrogens is 1. The average molecular weight is 283 g/mol. The minimum absolute atomic E-state index is 0.0205. The van der Waals surface area contributed by atoms with Crippen LogP contribution in [0.15, 0.2) is 33.9 Å². The van der Waals surface area contributed by atoms with Crippen LogP contribution in [0.25, 0.3) is 11.1 Å². The third kappa shape index (κ3) is 2.46. The third-order valence-electron chi connectivity index (χ3n) is 2.73. The molecule has 0 bridgehead atoms. The summed E-state index contributed by atoms with van der Waals surface area (Å²) in [7, 11) is 0. The summed E-state index contributed by atoms with van der Waals surface area (Å²) >= 11 is 5.88. The first kappa shape index (κ1) is 13.5. The molecule has 1 aromatic heterocycles. The first-order chi connectivity index (χ1) is 9.06. The molecular formula is C13H12ClFN2O2. The zero-order valence-electron chi connectivity index (χ0n) is 10.2. The topological polar surface area (TPSA) is 54.9 Å². The fraction of sp³-hybridized carbons (Fsp3) is 0.231. The van der Waals surface area contributed by atoms with E-state index in [0.29, 0.717) is 6.42 Å². The van der Waals surface area contributed by atoms with Crippen LogP contribution >= 0.6 is 11.6 Å². The number of halogens is 2.